The zero-order chi connectivity index (χ0) is 13.5. The highest BCUT2D eigenvalue weighted by atomic mass is 35.5. The maximum Gasteiger partial charge on any atom is 0.235 e. The van der Waals surface area contributed by atoms with Gasteiger partial charge in [-0.2, -0.15) is 0 Å². The standard InChI is InChI=1S/C16H16ClNO.ClH/c17-16(19)13-18(11-14-7-3-1-4-8-14)12-15-9-5-2-6-10-15;/h1-10H,11-13H2;1H. The van der Waals surface area contributed by atoms with Crippen LogP contribution in [0.5, 0.6) is 0 Å². The van der Waals surface area contributed by atoms with E-state index in [9.17, 15) is 4.79 Å². The Bertz CT molecular complexity index is 475. The summed E-state index contributed by atoms with van der Waals surface area (Å²) in [5.74, 6) is 0. The molecule has 0 atom stereocenters. The molecule has 20 heavy (non-hydrogen) atoms. The van der Waals surface area contributed by atoms with Crippen LogP contribution in [-0.4, -0.2) is 16.7 Å². The molecule has 4 heteroatoms. The number of carbonyl (C=O) groups is 1. The summed E-state index contributed by atoms with van der Waals surface area (Å²) in [5.41, 5.74) is 2.35. The van der Waals surface area contributed by atoms with Gasteiger partial charge in [-0.25, -0.2) is 0 Å². The van der Waals surface area contributed by atoms with E-state index in [0.29, 0.717) is 13.1 Å². The van der Waals surface area contributed by atoms with E-state index < -0.39 is 0 Å². The molecule has 0 spiro atoms. The highest BCUT2D eigenvalue weighted by Gasteiger charge is 2.10. The third-order valence-corrected chi connectivity index (χ3v) is 2.97. The van der Waals surface area contributed by atoms with E-state index in [0.717, 1.165) is 0 Å². The summed E-state index contributed by atoms with van der Waals surface area (Å²) < 4.78 is 0. The van der Waals surface area contributed by atoms with Crippen LogP contribution in [0.3, 0.4) is 0 Å². The van der Waals surface area contributed by atoms with Crippen LogP contribution in [0.2, 0.25) is 0 Å². The van der Waals surface area contributed by atoms with Gasteiger partial charge in [0.2, 0.25) is 5.24 Å². The molecule has 0 aliphatic heterocycles. The van der Waals surface area contributed by atoms with E-state index in [-0.39, 0.29) is 24.2 Å². The average Bonchev–Trinajstić information content (AvgIpc) is 2.40. The first-order valence-electron chi connectivity index (χ1n) is 6.22. The Morgan fingerprint density at radius 2 is 1.25 bits per heavy atom. The maximum atomic E-state index is 11.2. The van der Waals surface area contributed by atoms with Crippen molar-refractivity contribution in [2.75, 3.05) is 6.54 Å². The van der Waals surface area contributed by atoms with E-state index >= 15 is 0 Å². The van der Waals surface area contributed by atoms with Gasteiger partial charge in [-0.1, -0.05) is 60.7 Å². The Balaban J connectivity index is 0.00000200. The van der Waals surface area contributed by atoms with Crippen LogP contribution in [0.25, 0.3) is 0 Å². The molecule has 0 amide bonds. The predicted octanol–water partition coefficient (Wildman–Crippen LogP) is 3.88. The van der Waals surface area contributed by atoms with E-state index in [4.69, 9.17) is 11.6 Å². The molecular weight excluding hydrogens is 293 g/mol. The quantitative estimate of drug-likeness (QED) is 0.755. The van der Waals surface area contributed by atoms with Gasteiger partial charge in [0.1, 0.15) is 0 Å². The molecule has 0 N–H and O–H groups in total. The lowest BCUT2D eigenvalue weighted by atomic mass is 10.1. The minimum Gasteiger partial charge on any atom is -0.286 e. The number of benzene rings is 2. The van der Waals surface area contributed by atoms with Gasteiger partial charge >= 0.3 is 0 Å². The van der Waals surface area contributed by atoms with Crippen molar-refractivity contribution in [3.63, 3.8) is 0 Å². The maximum absolute atomic E-state index is 11.2. The monoisotopic (exact) mass is 309 g/mol. The Kier molecular flexibility index (Phi) is 7.31. The van der Waals surface area contributed by atoms with Gasteiger partial charge in [-0.05, 0) is 22.7 Å². The normalized spacial score (nSPS) is 10.1. The molecule has 2 aromatic rings. The second kappa shape index (κ2) is 8.75. The SMILES string of the molecule is Cl.O=C(Cl)CN(Cc1ccccc1)Cc1ccccc1. The van der Waals surface area contributed by atoms with Crippen molar-refractivity contribution in [3.8, 4) is 0 Å². The highest BCUT2D eigenvalue weighted by Crippen LogP contribution is 2.10. The molecule has 2 aromatic carbocycles. The minimum atomic E-state index is -0.327. The Morgan fingerprint density at radius 1 is 0.850 bits per heavy atom. The molecule has 0 aliphatic rings. The third kappa shape index (κ3) is 5.74. The van der Waals surface area contributed by atoms with E-state index in [1.807, 2.05) is 41.3 Å². The Labute approximate surface area is 130 Å². The van der Waals surface area contributed by atoms with Crippen molar-refractivity contribution < 1.29 is 4.79 Å². The van der Waals surface area contributed by atoms with Crippen LogP contribution in [0, 0.1) is 0 Å². The lowest BCUT2D eigenvalue weighted by Crippen LogP contribution is -2.27. The number of carbonyl (C=O) groups excluding carboxylic acids is 1. The third-order valence-electron chi connectivity index (χ3n) is 2.85. The molecular formula is C16H17Cl2NO. The summed E-state index contributed by atoms with van der Waals surface area (Å²) in [6, 6.07) is 20.2. The highest BCUT2D eigenvalue weighted by molar-refractivity contribution is 6.64. The van der Waals surface area contributed by atoms with Crippen molar-refractivity contribution >= 4 is 29.3 Å². The first-order chi connectivity index (χ1) is 9.24. The van der Waals surface area contributed by atoms with E-state index in [2.05, 4.69) is 24.3 Å². The van der Waals surface area contributed by atoms with Gasteiger partial charge in [-0.3, -0.25) is 9.69 Å². The largest absolute Gasteiger partial charge is 0.286 e. The zero-order valence-electron chi connectivity index (χ0n) is 11.0. The fourth-order valence-electron chi connectivity index (χ4n) is 2.03. The van der Waals surface area contributed by atoms with Crippen LogP contribution in [0.4, 0.5) is 0 Å². The molecule has 0 aromatic heterocycles. The van der Waals surface area contributed by atoms with E-state index in [1.54, 1.807) is 0 Å². The number of hydrogen-bond donors (Lipinski definition) is 0. The van der Waals surface area contributed by atoms with Crippen molar-refractivity contribution in [1.82, 2.24) is 4.90 Å². The van der Waals surface area contributed by atoms with Crippen molar-refractivity contribution in [2.24, 2.45) is 0 Å². The molecule has 0 saturated heterocycles. The lowest BCUT2D eigenvalue weighted by Gasteiger charge is -2.20. The molecule has 0 radical (unpaired) electrons. The van der Waals surface area contributed by atoms with Crippen LogP contribution in [0.1, 0.15) is 11.1 Å². The molecule has 0 bridgehead atoms. The van der Waals surface area contributed by atoms with Gasteiger partial charge in [0.25, 0.3) is 0 Å². The molecule has 0 saturated carbocycles. The topological polar surface area (TPSA) is 20.3 Å². The number of nitrogens with zero attached hydrogens (tertiary/aromatic N) is 1. The molecule has 2 nitrogen and oxygen atoms in total. The first-order valence-corrected chi connectivity index (χ1v) is 6.60. The summed E-state index contributed by atoms with van der Waals surface area (Å²) in [5, 5.41) is -0.327. The fourth-order valence-corrected chi connectivity index (χ4v) is 2.20. The molecule has 0 fully saturated rings. The van der Waals surface area contributed by atoms with Crippen LogP contribution >= 0.6 is 24.0 Å². The summed E-state index contributed by atoms with van der Waals surface area (Å²) in [6.45, 7) is 1.69. The summed E-state index contributed by atoms with van der Waals surface area (Å²) in [6.07, 6.45) is 0. The second-order valence-corrected chi connectivity index (χ2v) is 4.89. The summed E-state index contributed by atoms with van der Waals surface area (Å²) in [4.78, 5) is 13.2. The van der Waals surface area contributed by atoms with Crippen molar-refractivity contribution in [1.29, 1.82) is 0 Å². The van der Waals surface area contributed by atoms with Gasteiger partial charge < -0.3 is 0 Å². The predicted molar refractivity (Wildman–Crippen MR) is 85.1 cm³/mol. The van der Waals surface area contributed by atoms with Gasteiger partial charge in [0.15, 0.2) is 0 Å². The van der Waals surface area contributed by atoms with Crippen LogP contribution in [0.15, 0.2) is 60.7 Å². The molecule has 0 heterocycles. The van der Waals surface area contributed by atoms with E-state index in [1.165, 1.54) is 11.1 Å². The second-order valence-electron chi connectivity index (χ2n) is 4.47. The molecule has 0 unspecified atom stereocenters. The first kappa shape index (κ1) is 16.7. The Hall–Kier alpha value is -1.35. The molecule has 0 aliphatic carbocycles. The minimum absolute atomic E-state index is 0. The number of halogens is 2. The van der Waals surface area contributed by atoms with Crippen molar-refractivity contribution in [2.45, 2.75) is 13.1 Å². The summed E-state index contributed by atoms with van der Waals surface area (Å²) >= 11 is 5.52. The van der Waals surface area contributed by atoms with Crippen LogP contribution in [-0.2, 0) is 17.9 Å². The Morgan fingerprint density at radius 3 is 1.60 bits per heavy atom. The van der Waals surface area contributed by atoms with Gasteiger partial charge in [0.05, 0.1) is 6.54 Å². The molecule has 2 rings (SSSR count). The lowest BCUT2D eigenvalue weighted by molar-refractivity contribution is -0.113. The van der Waals surface area contributed by atoms with Gasteiger partial charge in [0, 0.05) is 13.1 Å². The fraction of sp³-hybridized carbons (Fsp3) is 0.188. The smallest absolute Gasteiger partial charge is 0.235 e. The van der Waals surface area contributed by atoms with Crippen LogP contribution < -0.4 is 0 Å². The number of rotatable bonds is 6. The number of hydrogen-bond acceptors (Lipinski definition) is 2. The van der Waals surface area contributed by atoms with Crippen molar-refractivity contribution in [3.05, 3.63) is 71.8 Å². The zero-order valence-corrected chi connectivity index (χ0v) is 12.6. The average molecular weight is 310 g/mol. The molecule has 106 valence electrons. The van der Waals surface area contributed by atoms with Gasteiger partial charge in [-0.15, -0.1) is 12.4 Å². The summed E-state index contributed by atoms with van der Waals surface area (Å²) in [7, 11) is 0.